The van der Waals surface area contributed by atoms with Crippen LogP contribution in [0.1, 0.15) is 26.7 Å². The van der Waals surface area contributed by atoms with E-state index in [4.69, 9.17) is 4.74 Å². The molecular weight excluding hydrogens is 360 g/mol. The number of rotatable bonds is 3. The summed E-state index contributed by atoms with van der Waals surface area (Å²) < 4.78 is 32.2. The van der Waals surface area contributed by atoms with Crippen molar-refractivity contribution in [2.45, 2.75) is 48.1 Å². The summed E-state index contributed by atoms with van der Waals surface area (Å²) in [6.07, 6.45) is 2.17. The number of nitrogens with one attached hydrogen (secondary N) is 1. The van der Waals surface area contributed by atoms with E-state index in [1.54, 1.807) is 36.4 Å². The lowest BCUT2D eigenvalue weighted by atomic mass is 9.98. The van der Waals surface area contributed by atoms with Gasteiger partial charge in [-0.25, -0.2) is 8.42 Å². The van der Waals surface area contributed by atoms with Gasteiger partial charge in [-0.2, -0.15) is 0 Å². The van der Waals surface area contributed by atoms with Crippen LogP contribution in [0.3, 0.4) is 0 Å². The van der Waals surface area contributed by atoms with Gasteiger partial charge in [-0.15, -0.1) is 0 Å². The van der Waals surface area contributed by atoms with Crippen LogP contribution in [0.5, 0.6) is 5.75 Å². The Bertz CT molecular complexity index is 920. The van der Waals surface area contributed by atoms with E-state index in [1.165, 1.54) is 0 Å². The van der Waals surface area contributed by atoms with E-state index in [-0.39, 0.29) is 10.5 Å². The summed E-state index contributed by atoms with van der Waals surface area (Å²) in [6.45, 7) is 6.94. The second-order valence-electron chi connectivity index (χ2n) is 7.92. The minimum Gasteiger partial charge on any atom is -0.484 e. The third-order valence-electron chi connectivity index (χ3n) is 5.29. The van der Waals surface area contributed by atoms with E-state index < -0.39 is 9.84 Å². The molecule has 0 radical (unpaired) electrons. The normalized spacial score (nSPS) is 20.0. The summed E-state index contributed by atoms with van der Waals surface area (Å²) in [7, 11) is -3.56. The Kier molecular flexibility index (Phi) is 4.64. The molecule has 27 heavy (non-hydrogen) atoms. The Morgan fingerprint density at radius 2 is 1.74 bits per heavy atom. The summed E-state index contributed by atoms with van der Waals surface area (Å²) in [6, 6.07) is 14.3. The summed E-state index contributed by atoms with van der Waals surface area (Å²) in [5.74, 6) is 0.654. The van der Waals surface area contributed by atoms with Gasteiger partial charge in [-0.05, 0) is 64.0 Å². The highest BCUT2D eigenvalue weighted by molar-refractivity contribution is 7.91. The summed E-state index contributed by atoms with van der Waals surface area (Å²) >= 11 is 0. The fourth-order valence-electron chi connectivity index (χ4n) is 3.99. The van der Waals surface area contributed by atoms with E-state index in [2.05, 4.69) is 24.1 Å². The number of ether oxygens (including phenoxy) is 1. The van der Waals surface area contributed by atoms with Crippen molar-refractivity contribution in [2.75, 3.05) is 24.5 Å². The fourth-order valence-corrected chi connectivity index (χ4v) is 5.28. The lowest BCUT2D eigenvalue weighted by Crippen LogP contribution is -2.53. The summed E-state index contributed by atoms with van der Waals surface area (Å²) in [4.78, 5) is 2.98. The van der Waals surface area contributed by atoms with Crippen LogP contribution in [0.15, 0.2) is 58.3 Å². The van der Waals surface area contributed by atoms with Crippen LogP contribution < -0.4 is 15.0 Å². The molecule has 2 heterocycles. The zero-order valence-electron chi connectivity index (χ0n) is 15.8. The van der Waals surface area contributed by atoms with Crippen LogP contribution in [0, 0.1) is 0 Å². The molecule has 1 N–H and O–H groups in total. The predicted molar refractivity (Wildman–Crippen MR) is 106 cm³/mol. The van der Waals surface area contributed by atoms with Crippen LogP contribution >= 0.6 is 0 Å². The Morgan fingerprint density at radius 1 is 1.04 bits per heavy atom. The van der Waals surface area contributed by atoms with Gasteiger partial charge in [0.25, 0.3) is 0 Å². The van der Waals surface area contributed by atoms with Crippen LogP contribution in [0.4, 0.5) is 5.69 Å². The van der Waals surface area contributed by atoms with Gasteiger partial charge in [0.05, 0.1) is 22.0 Å². The van der Waals surface area contributed by atoms with Crippen molar-refractivity contribution in [3.63, 3.8) is 0 Å². The van der Waals surface area contributed by atoms with Gasteiger partial charge in [0.15, 0.2) is 0 Å². The summed E-state index contributed by atoms with van der Waals surface area (Å²) in [5.41, 5.74) is 0.626. The molecule has 1 fully saturated rings. The van der Waals surface area contributed by atoms with Crippen molar-refractivity contribution in [3.05, 3.63) is 48.5 Å². The lowest BCUT2D eigenvalue weighted by Gasteiger charge is -2.46. The number of hydrogen-bond acceptors (Lipinski definition) is 5. The second kappa shape index (κ2) is 6.84. The van der Waals surface area contributed by atoms with E-state index in [0.29, 0.717) is 16.7 Å². The first kappa shape index (κ1) is 18.3. The molecule has 2 aromatic carbocycles. The molecule has 0 atom stereocenters. The average molecular weight is 387 g/mol. The lowest BCUT2D eigenvalue weighted by molar-refractivity contribution is 0.0995. The number of benzene rings is 2. The van der Waals surface area contributed by atoms with Crippen molar-refractivity contribution < 1.29 is 13.2 Å². The highest BCUT2D eigenvalue weighted by Gasteiger charge is 2.36. The molecule has 5 nitrogen and oxygen atoms in total. The minimum absolute atomic E-state index is 0.274. The number of fused-ring (bicyclic) bond motifs is 1. The number of hydrogen-bond donors (Lipinski definition) is 1. The standard InChI is InChI=1S/C21H26N2O3S/c1-21(2)15-23(16-10-12-22-13-11-16)19-9-8-18(14-20(19)26-21)27(24,25)17-6-4-3-5-7-17/h3-9,14,16,22H,10-13,15H2,1-2H3. The SMILES string of the molecule is CC1(C)CN(C2CCNCC2)c2ccc(S(=O)(=O)c3ccccc3)cc2O1. The molecule has 0 bridgehead atoms. The Hall–Kier alpha value is -2.05. The van der Waals surface area contributed by atoms with Gasteiger partial charge in [-0.3, -0.25) is 0 Å². The molecule has 0 amide bonds. The third-order valence-corrected chi connectivity index (χ3v) is 7.06. The van der Waals surface area contributed by atoms with Gasteiger partial charge in [-0.1, -0.05) is 18.2 Å². The predicted octanol–water partition coefficient (Wildman–Crippen LogP) is 3.25. The van der Waals surface area contributed by atoms with Crippen LogP contribution in [0.2, 0.25) is 0 Å². The van der Waals surface area contributed by atoms with E-state index in [0.717, 1.165) is 38.2 Å². The summed E-state index contributed by atoms with van der Waals surface area (Å²) in [5, 5.41) is 3.41. The molecule has 2 aliphatic rings. The van der Waals surface area contributed by atoms with Crippen molar-refractivity contribution in [2.24, 2.45) is 0 Å². The minimum atomic E-state index is -3.56. The van der Waals surface area contributed by atoms with Crippen LogP contribution in [0.25, 0.3) is 0 Å². The molecule has 6 heteroatoms. The first-order valence-corrected chi connectivity index (χ1v) is 11.0. The maximum Gasteiger partial charge on any atom is 0.206 e. The third kappa shape index (κ3) is 3.56. The number of sulfone groups is 1. The molecule has 0 spiro atoms. The largest absolute Gasteiger partial charge is 0.484 e. The fraction of sp³-hybridized carbons (Fsp3) is 0.429. The van der Waals surface area contributed by atoms with Crippen molar-refractivity contribution in [1.29, 1.82) is 0 Å². The first-order chi connectivity index (χ1) is 12.9. The first-order valence-electron chi connectivity index (χ1n) is 9.47. The molecule has 0 saturated carbocycles. The topological polar surface area (TPSA) is 58.6 Å². The number of piperidine rings is 1. The van der Waals surface area contributed by atoms with Crippen LogP contribution in [-0.4, -0.2) is 39.7 Å². The highest BCUT2D eigenvalue weighted by Crippen LogP contribution is 2.41. The molecule has 0 aromatic heterocycles. The average Bonchev–Trinajstić information content (AvgIpc) is 2.67. The molecular formula is C21H26N2O3S. The van der Waals surface area contributed by atoms with Gasteiger partial charge >= 0.3 is 0 Å². The molecule has 0 unspecified atom stereocenters. The van der Waals surface area contributed by atoms with Gasteiger partial charge < -0.3 is 15.0 Å². The zero-order valence-corrected chi connectivity index (χ0v) is 16.6. The molecule has 4 rings (SSSR count). The smallest absolute Gasteiger partial charge is 0.206 e. The van der Waals surface area contributed by atoms with Crippen molar-refractivity contribution in [3.8, 4) is 5.75 Å². The van der Waals surface area contributed by atoms with E-state index >= 15 is 0 Å². The Balaban J connectivity index is 1.74. The van der Waals surface area contributed by atoms with E-state index in [9.17, 15) is 8.42 Å². The van der Waals surface area contributed by atoms with Gasteiger partial charge in [0, 0.05) is 12.1 Å². The zero-order chi connectivity index (χ0) is 19.1. The maximum absolute atomic E-state index is 13.0. The molecule has 2 aliphatic heterocycles. The van der Waals surface area contributed by atoms with Crippen molar-refractivity contribution in [1.82, 2.24) is 5.32 Å². The van der Waals surface area contributed by atoms with Gasteiger partial charge in [0.1, 0.15) is 11.4 Å². The number of anilines is 1. The molecule has 144 valence electrons. The van der Waals surface area contributed by atoms with E-state index in [1.807, 2.05) is 12.1 Å². The quantitative estimate of drug-likeness (QED) is 0.878. The molecule has 0 aliphatic carbocycles. The monoisotopic (exact) mass is 386 g/mol. The van der Waals surface area contributed by atoms with Gasteiger partial charge in [0.2, 0.25) is 9.84 Å². The highest BCUT2D eigenvalue weighted by atomic mass is 32.2. The van der Waals surface area contributed by atoms with Crippen molar-refractivity contribution >= 4 is 15.5 Å². The Morgan fingerprint density at radius 3 is 2.44 bits per heavy atom. The molecule has 1 saturated heterocycles. The maximum atomic E-state index is 13.0. The molecule has 2 aromatic rings. The Labute approximate surface area is 161 Å². The second-order valence-corrected chi connectivity index (χ2v) is 9.87. The van der Waals surface area contributed by atoms with Crippen LogP contribution in [-0.2, 0) is 9.84 Å². The number of nitrogens with zero attached hydrogens (tertiary/aromatic N) is 1.